The average Bonchev–Trinajstić information content (AvgIpc) is 3.42. The van der Waals surface area contributed by atoms with Crippen LogP contribution in [0, 0.1) is 0 Å². The minimum Gasteiger partial charge on any atom is -0.756 e. The van der Waals surface area contributed by atoms with Gasteiger partial charge in [-0.1, -0.05) is 334 Å². The number of hydrogen-bond donors (Lipinski definition) is 0. The fourth-order valence-electron chi connectivity index (χ4n) is 10.8. The topological polar surface area (TPSA) is 111 Å². The van der Waals surface area contributed by atoms with E-state index in [4.69, 9.17) is 18.5 Å². The minimum atomic E-state index is -4.63. The standard InChI is InChI=1S/C70H138NO8P/c1-6-8-10-12-14-16-18-20-22-24-25-26-27-28-29-30-31-32-33-34-35-36-37-38-39-40-41-42-43-44-45-46-47-49-50-52-54-56-58-60-62-69(72)76-66-68(67-78-80(74,75)77-65-64-71(3,4)5)79-70(73)63-61-59-57-55-53-51-48-23-21-19-17-15-13-11-9-7-2/h23,48,68H,6-22,24-47,49-67H2,1-5H3/b48-23-. The van der Waals surface area contributed by atoms with E-state index < -0.39 is 26.5 Å². The lowest BCUT2D eigenvalue weighted by Gasteiger charge is -2.28. The van der Waals surface area contributed by atoms with Crippen molar-refractivity contribution < 1.29 is 42.1 Å². The highest BCUT2D eigenvalue weighted by atomic mass is 31.2. The Hall–Kier alpha value is -1.25. The Bertz CT molecular complexity index is 1350. The number of carbonyl (C=O) groups is 2. The molecule has 0 aromatic carbocycles. The summed E-state index contributed by atoms with van der Waals surface area (Å²) in [6.07, 6.45) is 76.2. The molecule has 0 aromatic rings. The first kappa shape index (κ1) is 78.8. The SMILES string of the molecule is CCCCCCCCC/C=C\CCCCCCCC(=O)OC(COC(=O)CCCCCCCCCCCCCCCCCCCCCCCCCCCCCCCCCCCCCCCCCC)COP(=O)([O-])OCC[N+](C)(C)C. The lowest BCUT2D eigenvalue weighted by molar-refractivity contribution is -0.870. The van der Waals surface area contributed by atoms with Crippen LogP contribution in [-0.2, 0) is 32.7 Å². The Kier molecular flexibility index (Phi) is 61.3. The van der Waals surface area contributed by atoms with Crippen LogP contribution in [0.15, 0.2) is 12.2 Å². The van der Waals surface area contributed by atoms with E-state index >= 15 is 0 Å². The van der Waals surface area contributed by atoms with Gasteiger partial charge in [0.15, 0.2) is 6.10 Å². The monoisotopic (exact) mass is 1150 g/mol. The van der Waals surface area contributed by atoms with Crippen LogP contribution in [0.25, 0.3) is 0 Å². The van der Waals surface area contributed by atoms with Crippen molar-refractivity contribution in [3.8, 4) is 0 Å². The van der Waals surface area contributed by atoms with E-state index in [1.165, 1.54) is 289 Å². The number of unbranched alkanes of at least 4 members (excludes halogenated alkanes) is 51. The highest BCUT2D eigenvalue weighted by Gasteiger charge is 2.22. The number of esters is 2. The number of phosphoric acid groups is 1. The number of nitrogens with zero attached hydrogens (tertiary/aromatic N) is 1. The van der Waals surface area contributed by atoms with Gasteiger partial charge in [-0.05, 0) is 38.5 Å². The zero-order valence-corrected chi connectivity index (χ0v) is 55.2. The van der Waals surface area contributed by atoms with E-state index in [1.807, 2.05) is 21.1 Å². The molecule has 476 valence electrons. The van der Waals surface area contributed by atoms with Crippen LogP contribution in [0.1, 0.15) is 373 Å². The van der Waals surface area contributed by atoms with Gasteiger partial charge in [-0.2, -0.15) is 0 Å². The Morgan fingerprint density at radius 1 is 0.375 bits per heavy atom. The molecule has 0 heterocycles. The molecule has 0 aliphatic heterocycles. The minimum absolute atomic E-state index is 0.0287. The summed E-state index contributed by atoms with van der Waals surface area (Å²) >= 11 is 0. The van der Waals surface area contributed by atoms with Crippen molar-refractivity contribution >= 4 is 19.8 Å². The van der Waals surface area contributed by atoms with Gasteiger partial charge in [0, 0.05) is 12.8 Å². The van der Waals surface area contributed by atoms with E-state index in [2.05, 4.69) is 26.0 Å². The summed E-state index contributed by atoms with van der Waals surface area (Å²) in [7, 11) is 1.18. The van der Waals surface area contributed by atoms with Crippen molar-refractivity contribution in [3.63, 3.8) is 0 Å². The van der Waals surface area contributed by atoms with Crippen LogP contribution in [0.4, 0.5) is 0 Å². The number of phosphoric ester groups is 1. The van der Waals surface area contributed by atoms with E-state index in [1.54, 1.807) is 0 Å². The largest absolute Gasteiger partial charge is 0.756 e. The number of carbonyl (C=O) groups excluding carboxylic acids is 2. The lowest BCUT2D eigenvalue weighted by Crippen LogP contribution is -2.37. The summed E-state index contributed by atoms with van der Waals surface area (Å²) in [5.74, 6) is -0.823. The Balaban J connectivity index is 3.82. The summed E-state index contributed by atoms with van der Waals surface area (Å²) in [6, 6.07) is 0. The number of allylic oxidation sites excluding steroid dienone is 2. The van der Waals surface area contributed by atoms with E-state index in [0.29, 0.717) is 17.4 Å². The van der Waals surface area contributed by atoms with Crippen LogP contribution in [0.2, 0.25) is 0 Å². The van der Waals surface area contributed by atoms with Crippen molar-refractivity contribution in [1.82, 2.24) is 0 Å². The van der Waals surface area contributed by atoms with Gasteiger partial charge >= 0.3 is 11.9 Å². The molecule has 0 spiro atoms. The molecule has 0 aliphatic carbocycles. The van der Waals surface area contributed by atoms with Crippen molar-refractivity contribution in [3.05, 3.63) is 12.2 Å². The summed E-state index contributed by atoms with van der Waals surface area (Å²) < 4.78 is 34.2. The second kappa shape index (κ2) is 62.3. The predicted octanol–water partition coefficient (Wildman–Crippen LogP) is 22.1. The summed E-state index contributed by atoms with van der Waals surface area (Å²) in [5.41, 5.74) is 0. The molecular weight excluding hydrogens is 1010 g/mol. The molecule has 2 unspecified atom stereocenters. The van der Waals surface area contributed by atoms with Crippen LogP contribution in [0.3, 0.4) is 0 Å². The number of likely N-dealkylation sites (N-methyl/N-ethyl adjacent to an activating group) is 1. The van der Waals surface area contributed by atoms with Crippen molar-refractivity contribution in [2.75, 3.05) is 47.5 Å². The summed E-state index contributed by atoms with van der Waals surface area (Å²) in [6.45, 7) is 4.29. The van der Waals surface area contributed by atoms with Gasteiger partial charge in [-0.25, -0.2) is 0 Å². The molecule has 80 heavy (non-hydrogen) atoms. The molecule has 2 atom stereocenters. The molecule has 0 radical (unpaired) electrons. The smallest absolute Gasteiger partial charge is 0.306 e. The third kappa shape index (κ3) is 65.9. The number of rotatable bonds is 67. The highest BCUT2D eigenvalue weighted by Crippen LogP contribution is 2.38. The molecule has 9 nitrogen and oxygen atoms in total. The molecule has 0 saturated heterocycles. The predicted molar refractivity (Wildman–Crippen MR) is 342 cm³/mol. The van der Waals surface area contributed by atoms with Crippen molar-refractivity contribution in [2.24, 2.45) is 0 Å². The zero-order chi connectivity index (χ0) is 58.4. The van der Waals surface area contributed by atoms with E-state index in [0.717, 1.165) is 51.4 Å². The third-order valence-electron chi connectivity index (χ3n) is 16.3. The molecule has 0 amide bonds. The molecule has 0 rings (SSSR count). The Morgan fingerprint density at radius 3 is 0.925 bits per heavy atom. The van der Waals surface area contributed by atoms with Crippen molar-refractivity contribution in [1.29, 1.82) is 0 Å². The first-order valence-corrected chi connectivity index (χ1v) is 36.9. The first-order chi connectivity index (χ1) is 39.0. The van der Waals surface area contributed by atoms with Gasteiger partial charge in [-0.3, -0.25) is 14.2 Å². The fourth-order valence-corrected chi connectivity index (χ4v) is 11.6. The summed E-state index contributed by atoms with van der Waals surface area (Å²) in [4.78, 5) is 37.9. The highest BCUT2D eigenvalue weighted by molar-refractivity contribution is 7.45. The molecular formula is C70H138NO8P. The van der Waals surface area contributed by atoms with Crippen molar-refractivity contribution in [2.45, 2.75) is 380 Å². The van der Waals surface area contributed by atoms with Gasteiger partial charge in [-0.15, -0.1) is 0 Å². The van der Waals surface area contributed by atoms with Crippen LogP contribution in [-0.4, -0.2) is 70.0 Å². The average molecular weight is 1150 g/mol. The van der Waals surface area contributed by atoms with E-state index in [-0.39, 0.29) is 32.0 Å². The van der Waals surface area contributed by atoms with Crippen LogP contribution in [0.5, 0.6) is 0 Å². The molecule has 0 aliphatic rings. The molecule has 0 saturated carbocycles. The maximum absolute atomic E-state index is 12.8. The second-order valence-electron chi connectivity index (χ2n) is 25.6. The van der Waals surface area contributed by atoms with Gasteiger partial charge < -0.3 is 27.9 Å². The van der Waals surface area contributed by atoms with Gasteiger partial charge in [0.1, 0.15) is 19.8 Å². The van der Waals surface area contributed by atoms with E-state index in [9.17, 15) is 19.0 Å². The number of quaternary nitrogens is 1. The molecule has 0 N–H and O–H groups in total. The van der Waals surface area contributed by atoms with Gasteiger partial charge in [0.2, 0.25) is 0 Å². The Morgan fingerprint density at radius 2 is 0.637 bits per heavy atom. The first-order valence-electron chi connectivity index (χ1n) is 35.4. The normalized spacial score (nSPS) is 13.1. The number of hydrogen-bond acceptors (Lipinski definition) is 8. The van der Waals surface area contributed by atoms with Gasteiger partial charge in [0.25, 0.3) is 7.82 Å². The Labute approximate surface area is 498 Å². The molecule has 0 aromatic heterocycles. The third-order valence-corrected chi connectivity index (χ3v) is 17.2. The number of ether oxygens (including phenoxy) is 2. The summed E-state index contributed by atoms with van der Waals surface area (Å²) in [5, 5.41) is 0. The second-order valence-corrected chi connectivity index (χ2v) is 27.0. The lowest BCUT2D eigenvalue weighted by atomic mass is 10.0. The molecule has 0 bridgehead atoms. The quantitative estimate of drug-likeness (QED) is 0.0195. The zero-order valence-electron chi connectivity index (χ0n) is 54.3. The maximum Gasteiger partial charge on any atom is 0.306 e. The fraction of sp³-hybridized carbons (Fsp3) is 0.943. The van der Waals surface area contributed by atoms with Gasteiger partial charge in [0.05, 0.1) is 27.7 Å². The van der Waals surface area contributed by atoms with Crippen LogP contribution < -0.4 is 4.89 Å². The molecule has 10 heteroatoms. The molecule has 0 fully saturated rings. The van der Waals surface area contributed by atoms with Crippen LogP contribution >= 0.6 is 7.82 Å². The maximum atomic E-state index is 12.8.